The average molecular weight is 241 g/mol. The van der Waals surface area contributed by atoms with Gasteiger partial charge in [0.15, 0.2) is 0 Å². The van der Waals surface area contributed by atoms with E-state index in [4.69, 9.17) is 5.26 Å². The number of nitrogens with one attached hydrogen (secondary N) is 1. The normalized spacial score (nSPS) is 11.8. The van der Waals surface area contributed by atoms with Gasteiger partial charge in [0.25, 0.3) is 0 Å². The summed E-state index contributed by atoms with van der Waals surface area (Å²) in [6, 6.07) is 7.54. The van der Waals surface area contributed by atoms with E-state index in [9.17, 15) is 0 Å². The number of hydrogen-bond donors (Lipinski definition) is 1. The van der Waals surface area contributed by atoms with Crippen molar-refractivity contribution in [3.63, 3.8) is 0 Å². The summed E-state index contributed by atoms with van der Waals surface area (Å²) < 4.78 is 1.92. The van der Waals surface area contributed by atoms with Crippen LogP contribution in [0, 0.1) is 17.2 Å². The Balaban J connectivity index is 1.81. The summed E-state index contributed by atoms with van der Waals surface area (Å²) in [5, 5.41) is 16.1. The number of hydrogen-bond acceptors (Lipinski definition) is 4. The molecule has 92 valence electrons. The molecule has 2 aromatic heterocycles. The molecular formula is C13H15N5. The third kappa shape index (κ3) is 3.32. The van der Waals surface area contributed by atoms with E-state index >= 15 is 0 Å². The predicted molar refractivity (Wildman–Crippen MR) is 68.8 cm³/mol. The van der Waals surface area contributed by atoms with E-state index in [0.29, 0.717) is 11.5 Å². The van der Waals surface area contributed by atoms with Crippen LogP contribution < -0.4 is 5.32 Å². The third-order valence-electron chi connectivity index (χ3n) is 2.58. The highest BCUT2D eigenvalue weighted by Gasteiger charge is 2.03. The molecule has 2 aromatic rings. The van der Waals surface area contributed by atoms with Crippen LogP contribution in [0.1, 0.15) is 12.5 Å². The van der Waals surface area contributed by atoms with Crippen molar-refractivity contribution in [1.82, 2.24) is 14.8 Å². The molecule has 5 nitrogen and oxygen atoms in total. The summed E-state index contributed by atoms with van der Waals surface area (Å²) in [7, 11) is 0. The van der Waals surface area contributed by atoms with Gasteiger partial charge in [-0.3, -0.25) is 4.68 Å². The molecule has 0 aliphatic carbocycles. The number of nitrogens with zero attached hydrogens (tertiary/aromatic N) is 4. The molecule has 0 aliphatic rings. The van der Waals surface area contributed by atoms with Crippen molar-refractivity contribution in [3.05, 3.63) is 42.4 Å². The van der Waals surface area contributed by atoms with Crippen LogP contribution in [0.25, 0.3) is 0 Å². The average Bonchev–Trinajstić information content (AvgIpc) is 2.90. The number of anilines is 1. The van der Waals surface area contributed by atoms with Crippen molar-refractivity contribution in [1.29, 1.82) is 5.26 Å². The van der Waals surface area contributed by atoms with E-state index in [2.05, 4.69) is 22.3 Å². The Kier molecular flexibility index (Phi) is 3.92. The van der Waals surface area contributed by atoms with E-state index in [-0.39, 0.29) is 0 Å². The van der Waals surface area contributed by atoms with Gasteiger partial charge in [0.05, 0.1) is 5.56 Å². The van der Waals surface area contributed by atoms with Crippen LogP contribution in [0.5, 0.6) is 0 Å². The predicted octanol–water partition coefficient (Wildman–Crippen LogP) is 1.90. The first kappa shape index (κ1) is 12.1. The highest BCUT2D eigenvalue weighted by atomic mass is 15.3. The van der Waals surface area contributed by atoms with Gasteiger partial charge in [0.2, 0.25) is 0 Å². The fraction of sp³-hybridized carbons (Fsp3) is 0.308. The molecule has 0 fully saturated rings. The molecule has 0 bridgehead atoms. The number of nitriles is 1. The van der Waals surface area contributed by atoms with Gasteiger partial charge >= 0.3 is 0 Å². The highest BCUT2D eigenvalue weighted by molar-refractivity contribution is 5.38. The second-order valence-electron chi connectivity index (χ2n) is 4.26. The van der Waals surface area contributed by atoms with Crippen LogP contribution in [-0.4, -0.2) is 21.3 Å². The minimum absolute atomic E-state index is 0.447. The largest absolute Gasteiger partial charge is 0.370 e. The number of pyridine rings is 1. The molecule has 18 heavy (non-hydrogen) atoms. The Bertz CT molecular complexity index is 509. The summed E-state index contributed by atoms with van der Waals surface area (Å²) in [6.07, 6.45) is 5.30. The highest BCUT2D eigenvalue weighted by Crippen LogP contribution is 2.06. The summed E-state index contributed by atoms with van der Waals surface area (Å²) in [6.45, 7) is 3.84. The van der Waals surface area contributed by atoms with Gasteiger partial charge in [-0.25, -0.2) is 4.98 Å². The Morgan fingerprint density at radius 3 is 3.00 bits per heavy atom. The molecule has 5 heteroatoms. The van der Waals surface area contributed by atoms with Crippen molar-refractivity contribution < 1.29 is 0 Å². The lowest BCUT2D eigenvalue weighted by molar-refractivity contribution is 0.467. The summed E-state index contributed by atoms with van der Waals surface area (Å²) in [5.41, 5.74) is 0.574. The van der Waals surface area contributed by atoms with Crippen molar-refractivity contribution in [2.75, 3.05) is 11.9 Å². The van der Waals surface area contributed by atoms with Crippen LogP contribution in [0.3, 0.4) is 0 Å². The number of aromatic nitrogens is 3. The zero-order valence-corrected chi connectivity index (χ0v) is 10.2. The van der Waals surface area contributed by atoms with Crippen LogP contribution in [0.2, 0.25) is 0 Å². The van der Waals surface area contributed by atoms with Crippen molar-refractivity contribution in [2.24, 2.45) is 5.92 Å². The molecule has 1 N–H and O–H groups in total. The quantitative estimate of drug-likeness (QED) is 0.868. The molecule has 2 heterocycles. The maximum atomic E-state index is 8.67. The molecule has 0 aromatic carbocycles. The maximum absolute atomic E-state index is 8.67. The van der Waals surface area contributed by atoms with Crippen LogP contribution in [-0.2, 0) is 6.54 Å². The summed E-state index contributed by atoms with van der Waals surface area (Å²) >= 11 is 0. The van der Waals surface area contributed by atoms with Crippen molar-refractivity contribution >= 4 is 5.82 Å². The van der Waals surface area contributed by atoms with Crippen molar-refractivity contribution in [2.45, 2.75) is 13.5 Å². The van der Waals surface area contributed by atoms with Gasteiger partial charge in [0, 0.05) is 31.7 Å². The van der Waals surface area contributed by atoms with E-state index in [1.54, 1.807) is 18.5 Å². The second-order valence-corrected chi connectivity index (χ2v) is 4.26. The Labute approximate surface area is 106 Å². The van der Waals surface area contributed by atoms with Gasteiger partial charge in [-0.15, -0.1) is 0 Å². The Morgan fingerprint density at radius 2 is 2.39 bits per heavy atom. The first-order chi connectivity index (χ1) is 8.78. The molecular weight excluding hydrogens is 226 g/mol. The van der Waals surface area contributed by atoms with Gasteiger partial charge in [0.1, 0.15) is 11.9 Å². The Morgan fingerprint density at radius 1 is 1.50 bits per heavy atom. The number of rotatable bonds is 5. The maximum Gasteiger partial charge on any atom is 0.125 e. The van der Waals surface area contributed by atoms with E-state index in [1.807, 2.05) is 29.1 Å². The molecule has 0 saturated heterocycles. The minimum atomic E-state index is 0.447. The monoisotopic (exact) mass is 241 g/mol. The van der Waals surface area contributed by atoms with E-state index < -0.39 is 0 Å². The van der Waals surface area contributed by atoms with Gasteiger partial charge in [-0.1, -0.05) is 6.92 Å². The molecule has 0 radical (unpaired) electrons. The van der Waals surface area contributed by atoms with Crippen molar-refractivity contribution in [3.8, 4) is 6.07 Å². The molecule has 0 unspecified atom stereocenters. The van der Waals surface area contributed by atoms with E-state index in [0.717, 1.165) is 18.9 Å². The van der Waals surface area contributed by atoms with Gasteiger partial charge < -0.3 is 5.32 Å². The van der Waals surface area contributed by atoms with Gasteiger partial charge in [-0.05, 0) is 24.1 Å². The zero-order valence-electron chi connectivity index (χ0n) is 10.2. The first-order valence-corrected chi connectivity index (χ1v) is 5.85. The topological polar surface area (TPSA) is 66.5 Å². The zero-order chi connectivity index (χ0) is 12.8. The lowest BCUT2D eigenvalue weighted by atomic mass is 10.2. The molecule has 0 aliphatic heterocycles. The van der Waals surface area contributed by atoms with E-state index in [1.165, 1.54) is 0 Å². The third-order valence-corrected chi connectivity index (χ3v) is 2.58. The summed E-state index contributed by atoms with van der Waals surface area (Å²) in [5.74, 6) is 1.24. The second kappa shape index (κ2) is 5.82. The van der Waals surface area contributed by atoms with Gasteiger partial charge in [-0.2, -0.15) is 10.4 Å². The standard InChI is InChI=1S/C13H15N5/c1-11(10-18-6-2-5-17-18)8-15-13-4-3-12(7-14)9-16-13/h2-6,9,11H,8,10H2,1H3,(H,15,16)/t11-/m0/s1. The lowest BCUT2D eigenvalue weighted by Crippen LogP contribution is -2.17. The van der Waals surface area contributed by atoms with Crippen LogP contribution >= 0.6 is 0 Å². The molecule has 0 saturated carbocycles. The first-order valence-electron chi connectivity index (χ1n) is 5.85. The summed E-state index contributed by atoms with van der Waals surface area (Å²) in [4.78, 5) is 4.16. The molecule has 2 rings (SSSR count). The van der Waals surface area contributed by atoms with Crippen LogP contribution in [0.15, 0.2) is 36.8 Å². The minimum Gasteiger partial charge on any atom is -0.370 e. The molecule has 0 amide bonds. The Hall–Kier alpha value is -2.35. The smallest absolute Gasteiger partial charge is 0.125 e. The molecule has 0 spiro atoms. The SMILES string of the molecule is C[C@@H](CNc1ccc(C#N)cn1)Cn1cccn1. The van der Waals surface area contributed by atoms with Crippen LogP contribution in [0.4, 0.5) is 5.82 Å². The molecule has 1 atom stereocenters. The lowest BCUT2D eigenvalue weighted by Gasteiger charge is -2.13. The fourth-order valence-corrected chi connectivity index (χ4v) is 1.64. The fourth-order valence-electron chi connectivity index (χ4n) is 1.64.